The van der Waals surface area contributed by atoms with E-state index in [0.29, 0.717) is 0 Å². The fourth-order valence-corrected chi connectivity index (χ4v) is 4.34. The van der Waals surface area contributed by atoms with Crippen LogP contribution in [-0.4, -0.2) is 90.6 Å². The summed E-state index contributed by atoms with van der Waals surface area (Å²) in [6, 6.07) is -0.0275. The van der Waals surface area contributed by atoms with Crippen molar-refractivity contribution in [3.63, 3.8) is 0 Å². The Morgan fingerprint density at radius 3 is 2.41 bits per heavy atom. The highest BCUT2D eigenvalue weighted by Gasteiger charge is 2.30. The Kier molecular flexibility index (Phi) is 7.52. The maximum atomic E-state index is 12.7. The number of nitrogens with zero attached hydrogens (tertiary/aromatic N) is 5. The molecule has 1 aromatic heterocycles. The van der Waals surface area contributed by atoms with E-state index >= 15 is 0 Å². The standard InChI is InChI=1S/C21H36N6O2/c1-16-19(18(3)29-24-16)8-7-9-23-21(22-4)27-14-12-25(13-15-27)17(2)20(28)26-10-5-6-11-26/h17H,5-15H2,1-4H3,(H,22,23). The highest BCUT2D eigenvalue weighted by molar-refractivity contribution is 5.82. The third kappa shape index (κ3) is 5.29. The zero-order chi connectivity index (χ0) is 20.8. The van der Waals surface area contributed by atoms with Crippen molar-refractivity contribution in [2.75, 3.05) is 52.9 Å². The lowest BCUT2D eigenvalue weighted by atomic mass is 10.1. The molecule has 29 heavy (non-hydrogen) atoms. The van der Waals surface area contributed by atoms with Gasteiger partial charge >= 0.3 is 0 Å². The van der Waals surface area contributed by atoms with Crippen LogP contribution in [0.4, 0.5) is 0 Å². The maximum Gasteiger partial charge on any atom is 0.239 e. The van der Waals surface area contributed by atoms with Gasteiger partial charge in [-0.15, -0.1) is 0 Å². The van der Waals surface area contributed by atoms with E-state index < -0.39 is 0 Å². The second-order valence-corrected chi connectivity index (χ2v) is 8.11. The molecule has 1 N–H and O–H groups in total. The highest BCUT2D eigenvalue weighted by atomic mass is 16.5. The summed E-state index contributed by atoms with van der Waals surface area (Å²) in [5.41, 5.74) is 2.20. The molecule has 1 unspecified atom stereocenters. The van der Waals surface area contributed by atoms with E-state index in [1.165, 1.54) is 5.56 Å². The number of aliphatic imine (C=N–C) groups is 1. The Labute approximate surface area is 174 Å². The summed E-state index contributed by atoms with van der Waals surface area (Å²) >= 11 is 0. The summed E-state index contributed by atoms with van der Waals surface area (Å²) in [4.78, 5) is 23.7. The lowest BCUT2D eigenvalue weighted by molar-refractivity contribution is -0.135. The van der Waals surface area contributed by atoms with Gasteiger partial charge in [-0.05, 0) is 46.5 Å². The number of hydrogen-bond acceptors (Lipinski definition) is 5. The lowest BCUT2D eigenvalue weighted by Crippen LogP contribution is -2.57. The first kappa shape index (κ1) is 21.6. The molecule has 162 valence electrons. The SMILES string of the molecule is CN=C(NCCCc1c(C)noc1C)N1CCN(C(C)C(=O)N2CCCC2)CC1. The third-order valence-electron chi connectivity index (χ3n) is 6.22. The number of amides is 1. The topological polar surface area (TPSA) is 77.2 Å². The van der Waals surface area contributed by atoms with Crippen molar-refractivity contribution in [2.45, 2.75) is 52.5 Å². The van der Waals surface area contributed by atoms with E-state index in [0.717, 1.165) is 88.9 Å². The van der Waals surface area contributed by atoms with Crippen molar-refractivity contribution >= 4 is 11.9 Å². The number of rotatable bonds is 6. The monoisotopic (exact) mass is 404 g/mol. The number of aryl methyl sites for hydroxylation is 2. The average Bonchev–Trinajstić information content (AvgIpc) is 3.38. The fourth-order valence-electron chi connectivity index (χ4n) is 4.34. The average molecular weight is 405 g/mol. The molecular weight excluding hydrogens is 368 g/mol. The van der Waals surface area contributed by atoms with Crippen molar-refractivity contribution in [2.24, 2.45) is 4.99 Å². The first-order valence-corrected chi connectivity index (χ1v) is 10.9. The predicted octanol–water partition coefficient (Wildman–Crippen LogP) is 1.43. The zero-order valence-corrected chi connectivity index (χ0v) is 18.4. The van der Waals surface area contributed by atoms with E-state index in [1.807, 2.05) is 25.8 Å². The molecule has 2 aliphatic rings. The van der Waals surface area contributed by atoms with Crippen molar-refractivity contribution in [1.29, 1.82) is 0 Å². The van der Waals surface area contributed by atoms with E-state index in [1.54, 1.807) is 0 Å². The van der Waals surface area contributed by atoms with Gasteiger partial charge < -0.3 is 19.6 Å². The molecule has 1 amide bonds. The van der Waals surface area contributed by atoms with Gasteiger partial charge in [0.05, 0.1) is 11.7 Å². The molecule has 8 nitrogen and oxygen atoms in total. The zero-order valence-electron chi connectivity index (χ0n) is 18.4. The summed E-state index contributed by atoms with van der Waals surface area (Å²) in [6.07, 6.45) is 4.24. The molecule has 0 bridgehead atoms. The minimum absolute atomic E-state index is 0.0275. The number of aromatic nitrogens is 1. The Morgan fingerprint density at radius 1 is 1.14 bits per heavy atom. The Balaban J connectivity index is 1.41. The summed E-state index contributed by atoms with van der Waals surface area (Å²) in [5, 5.41) is 7.50. The number of carbonyl (C=O) groups excluding carboxylic acids is 1. The molecule has 0 spiro atoms. The van der Waals surface area contributed by atoms with Gasteiger partial charge in [-0.1, -0.05) is 5.16 Å². The number of carbonyl (C=O) groups is 1. The Morgan fingerprint density at radius 2 is 1.83 bits per heavy atom. The van der Waals surface area contributed by atoms with E-state index in [-0.39, 0.29) is 11.9 Å². The van der Waals surface area contributed by atoms with Crippen LogP contribution < -0.4 is 5.32 Å². The number of guanidine groups is 1. The van der Waals surface area contributed by atoms with Crippen LogP contribution in [0.5, 0.6) is 0 Å². The Hall–Kier alpha value is -2.09. The molecule has 1 aromatic rings. The van der Waals surface area contributed by atoms with Crippen LogP contribution in [0.25, 0.3) is 0 Å². The Bertz CT molecular complexity index is 683. The minimum Gasteiger partial charge on any atom is -0.361 e. The van der Waals surface area contributed by atoms with E-state index in [4.69, 9.17) is 4.52 Å². The molecule has 8 heteroatoms. The minimum atomic E-state index is -0.0275. The molecule has 2 saturated heterocycles. The molecule has 3 heterocycles. The van der Waals surface area contributed by atoms with E-state index in [2.05, 4.69) is 32.2 Å². The van der Waals surface area contributed by atoms with Crippen LogP contribution >= 0.6 is 0 Å². The second kappa shape index (κ2) is 10.1. The number of hydrogen-bond donors (Lipinski definition) is 1. The van der Waals surface area contributed by atoms with Crippen molar-refractivity contribution in [3.05, 3.63) is 17.0 Å². The first-order chi connectivity index (χ1) is 14.0. The molecule has 2 aliphatic heterocycles. The van der Waals surface area contributed by atoms with Crippen molar-refractivity contribution in [1.82, 2.24) is 25.2 Å². The number of nitrogens with one attached hydrogen (secondary N) is 1. The molecule has 3 rings (SSSR count). The fraction of sp³-hybridized carbons (Fsp3) is 0.762. The van der Waals surface area contributed by atoms with Gasteiger partial charge in [0, 0.05) is 58.4 Å². The van der Waals surface area contributed by atoms with Gasteiger partial charge in [0.15, 0.2) is 5.96 Å². The van der Waals surface area contributed by atoms with Crippen molar-refractivity contribution < 1.29 is 9.32 Å². The van der Waals surface area contributed by atoms with Crippen LogP contribution in [0.3, 0.4) is 0 Å². The molecule has 0 aliphatic carbocycles. The van der Waals surface area contributed by atoms with Gasteiger partial charge in [-0.2, -0.15) is 0 Å². The predicted molar refractivity (Wildman–Crippen MR) is 114 cm³/mol. The molecule has 2 fully saturated rings. The molecule has 0 aromatic carbocycles. The highest BCUT2D eigenvalue weighted by Crippen LogP contribution is 2.15. The number of piperazine rings is 1. The van der Waals surface area contributed by atoms with Crippen molar-refractivity contribution in [3.8, 4) is 0 Å². The quantitative estimate of drug-likeness (QED) is 0.439. The number of likely N-dealkylation sites (tertiary alicyclic amines) is 1. The van der Waals surface area contributed by atoms with Gasteiger partial charge in [0.2, 0.25) is 5.91 Å². The van der Waals surface area contributed by atoms with Crippen LogP contribution in [0.2, 0.25) is 0 Å². The molecule has 0 saturated carbocycles. The summed E-state index contributed by atoms with van der Waals surface area (Å²) < 4.78 is 5.23. The molecule has 0 radical (unpaired) electrons. The smallest absolute Gasteiger partial charge is 0.239 e. The van der Waals surface area contributed by atoms with Crippen LogP contribution in [0.15, 0.2) is 9.52 Å². The van der Waals surface area contributed by atoms with Crippen LogP contribution in [0.1, 0.15) is 43.2 Å². The molecular formula is C21H36N6O2. The van der Waals surface area contributed by atoms with Gasteiger partial charge in [0.1, 0.15) is 5.76 Å². The summed E-state index contributed by atoms with van der Waals surface area (Å²) in [7, 11) is 1.84. The van der Waals surface area contributed by atoms with Crippen LogP contribution in [-0.2, 0) is 11.2 Å². The lowest BCUT2D eigenvalue weighted by Gasteiger charge is -2.39. The van der Waals surface area contributed by atoms with Gasteiger partial charge in [-0.3, -0.25) is 14.7 Å². The largest absolute Gasteiger partial charge is 0.361 e. The second-order valence-electron chi connectivity index (χ2n) is 8.11. The third-order valence-corrected chi connectivity index (χ3v) is 6.22. The summed E-state index contributed by atoms with van der Waals surface area (Å²) in [6.45, 7) is 12.3. The maximum absolute atomic E-state index is 12.7. The van der Waals surface area contributed by atoms with Gasteiger partial charge in [0.25, 0.3) is 0 Å². The first-order valence-electron chi connectivity index (χ1n) is 10.9. The molecule has 1 atom stereocenters. The van der Waals surface area contributed by atoms with Gasteiger partial charge in [-0.25, -0.2) is 0 Å². The summed E-state index contributed by atoms with van der Waals surface area (Å²) in [5.74, 6) is 2.15. The normalized spacial score (nSPS) is 19.7. The van der Waals surface area contributed by atoms with E-state index in [9.17, 15) is 4.79 Å². The van der Waals surface area contributed by atoms with Crippen LogP contribution in [0, 0.1) is 13.8 Å².